The van der Waals surface area contributed by atoms with Crippen molar-refractivity contribution in [3.8, 4) is 22.3 Å². The van der Waals surface area contributed by atoms with Crippen LogP contribution in [0.4, 0.5) is 11.4 Å². The molecule has 0 bridgehead atoms. The molecule has 0 amide bonds. The van der Waals surface area contributed by atoms with Crippen molar-refractivity contribution in [1.82, 2.24) is 0 Å². The third-order valence-electron chi connectivity index (χ3n) is 9.56. The molecule has 8 aromatic carbocycles. The predicted octanol–water partition coefficient (Wildman–Crippen LogP) is 9.20. The summed E-state index contributed by atoms with van der Waals surface area (Å²) in [6.07, 6.45) is 0. The first-order valence-corrected chi connectivity index (χ1v) is 14.7. The number of hydrogen-bond acceptors (Lipinski definition) is 1. The van der Waals surface area contributed by atoms with E-state index in [-0.39, 0.29) is 6.85 Å². The van der Waals surface area contributed by atoms with Gasteiger partial charge in [-0.25, -0.2) is 0 Å². The lowest BCUT2D eigenvalue weighted by atomic mass is 9.42. The minimum Gasteiger partial charge on any atom is -0.376 e. The largest absolute Gasteiger partial charge is 0.376 e. The summed E-state index contributed by atoms with van der Waals surface area (Å²) in [5.74, 6) is 0. The first-order chi connectivity index (χ1) is 20.8. The molecule has 8 aromatic rings. The Kier molecular flexibility index (Phi) is 4.32. The fourth-order valence-electron chi connectivity index (χ4n) is 7.73. The molecule has 2 aliphatic rings. The molecule has 0 N–H and O–H groups in total. The van der Waals surface area contributed by atoms with Crippen LogP contribution in [0.2, 0.25) is 0 Å². The highest BCUT2D eigenvalue weighted by molar-refractivity contribution is 6.93. The lowest BCUT2D eigenvalue weighted by molar-refractivity contribution is 1.37. The van der Waals surface area contributed by atoms with Crippen molar-refractivity contribution in [3.05, 3.63) is 146 Å². The Balaban J connectivity index is 1.42. The first kappa shape index (κ1) is 22.4. The van der Waals surface area contributed by atoms with Crippen molar-refractivity contribution in [2.45, 2.75) is 0 Å². The van der Waals surface area contributed by atoms with E-state index >= 15 is 0 Å². The van der Waals surface area contributed by atoms with Crippen LogP contribution in [-0.4, -0.2) is 6.85 Å². The Bertz CT molecular complexity index is 2270. The molecule has 0 fully saturated rings. The van der Waals surface area contributed by atoms with E-state index in [1.807, 2.05) is 0 Å². The smallest absolute Gasteiger partial charge is 0.329 e. The molecule has 2 heteroatoms. The molecule has 1 nitrogen and oxygen atoms in total. The standard InChI is InChI=1S/C40H24BN/c1-3-13-29-23-36-33(21-27(29)11-1)34-22-28-12-2-4-14-30(28)24-38(34)42-37-20-18-26-10-6-8-16-32(26)40(37)39-31-15-7-5-9-25(31)17-19-35(39)41(36)42/h1-24H. The van der Waals surface area contributed by atoms with Crippen molar-refractivity contribution in [1.29, 1.82) is 0 Å². The Morgan fingerprint density at radius 3 is 1.57 bits per heavy atom. The van der Waals surface area contributed by atoms with Crippen molar-refractivity contribution in [2.24, 2.45) is 0 Å². The van der Waals surface area contributed by atoms with Crippen LogP contribution in [0.5, 0.6) is 0 Å². The van der Waals surface area contributed by atoms with E-state index in [1.165, 1.54) is 87.6 Å². The maximum absolute atomic E-state index is 2.64. The van der Waals surface area contributed by atoms with Crippen LogP contribution in [0.15, 0.2) is 146 Å². The lowest BCUT2D eigenvalue weighted by Crippen LogP contribution is -2.59. The minimum absolute atomic E-state index is 0.0616. The van der Waals surface area contributed by atoms with Gasteiger partial charge in [0.05, 0.1) is 0 Å². The van der Waals surface area contributed by atoms with Crippen LogP contribution >= 0.6 is 0 Å². The van der Waals surface area contributed by atoms with Crippen molar-refractivity contribution in [2.75, 3.05) is 4.81 Å². The van der Waals surface area contributed by atoms with E-state index in [4.69, 9.17) is 0 Å². The predicted molar refractivity (Wildman–Crippen MR) is 181 cm³/mol. The van der Waals surface area contributed by atoms with Gasteiger partial charge in [-0.1, -0.05) is 121 Å². The van der Waals surface area contributed by atoms with E-state index in [1.54, 1.807) is 0 Å². The fourth-order valence-corrected chi connectivity index (χ4v) is 7.73. The molecule has 0 radical (unpaired) electrons. The molecule has 2 heterocycles. The van der Waals surface area contributed by atoms with Gasteiger partial charge in [-0.2, -0.15) is 0 Å². The zero-order valence-electron chi connectivity index (χ0n) is 22.9. The molecule has 0 saturated carbocycles. The van der Waals surface area contributed by atoms with Gasteiger partial charge < -0.3 is 4.81 Å². The summed E-state index contributed by atoms with van der Waals surface area (Å²) in [4.78, 5) is 2.64. The molecule has 0 aromatic heterocycles. The van der Waals surface area contributed by atoms with Crippen LogP contribution < -0.4 is 15.7 Å². The molecule has 2 aliphatic heterocycles. The second kappa shape index (κ2) is 8.12. The molecule has 0 atom stereocenters. The monoisotopic (exact) mass is 529 g/mol. The van der Waals surface area contributed by atoms with E-state index in [0.29, 0.717) is 0 Å². The maximum Gasteiger partial charge on any atom is 0.329 e. The van der Waals surface area contributed by atoms with E-state index in [0.717, 1.165) is 0 Å². The summed E-state index contributed by atoms with van der Waals surface area (Å²) in [6, 6.07) is 54.4. The summed E-state index contributed by atoms with van der Waals surface area (Å²) >= 11 is 0. The lowest BCUT2D eigenvalue weighted by Gasteiger charge is -2.44. The van der Waals surface area contributed by atoms with Gasteiger partial charge in [-0.05, 0) is 89.4 Å². The van der Waals surface area contributed by atoms with E-state index in [2.05, 4.69) is 150 Å². The second-order valence-corrected chi connectivity index (χ2v) is 11.7. The number of hydrogen-bond donors (Lipinski definition) is 0. The fraction of sp³-hybridized carbons (Fsp3) is 0. The molecule has 0 unspecified atom stereocenters. The van der Waals surface area contributed by atoms with Crippen molar-refractivity contribution < 1.29 is 0 Å². The average molecular weight is 529 g/mol. The Labute approximate surface area is 244 Å². The number of benzene rings is 8. The second-order valence-electron chi connectivity index (χ2n) is 11.7. The maximum atomic E-state index is 2.64. The number of fused-ring (bicyclic) bond motifs is 17. The zero-order chi connectivity index (χ0) is 27.4. The molecule has 0 spiro atoms. The van der Waals surface area contributed by atoms with Gasteiger partial charge >= 0.3 is 6.85 Å². The van der Waals surface area contributed by atoms with Gasteiger partial charge in [0.15, 0.2) is 0 Å². The number of anilines is 2. The highest BCUT2D eigenvalue weighted by Crippen LogP contribution is 2.50. The summed E-state index contributed by atoms with van der Waals surface area (Å²) in [5, 5.41) is 10.3. The number of rotatable bonds is 0. The molecule has 0 saturated heterocycles. The minimum atomic E-state index is 0.0616. The first-order valence-electron chi connectivity index (χ1n) is 14.7. The Morgan fingerprint density at radius 2 is 0.881 bits per heavy atom. The van der Waals surface area contributed by atoms with Crippen molar-refractivity contribution in [3.63, 3.8) is 0 Å². The van der Waals surface area contributed by atoms with Crippen LogP contribution in [0.3, 0.4) is 0 Å². The highest BCUT2D eigenvalue weighted by atomic mass is 15.1. The Morgan fingerprint density at radius 1 is 0.357 bits per heavy atom. The van der Waals surface area contributed by atoms with Crippen LogP contribution in [-0.2, 0) is 0 Å². The average Bonchev–Trinajstić information content (AvgIpc) is 3.06. The third kappa shape index (κ3) is 2.89. The van der Waals surface area contributed by atoms with Crippen LogP contribution in [0, 0.1) is 0 Å². The van der Waals surface area contributed by atoms with Crippen LogP contribution in [0.1, 0.15) is 0 Å². The molecule has 192 valence electrons. The van der Waals surface area contributed by atoms with E-state index < -0.39 is 0 Å². The summed E-state index contributed by atoms with van der Waals surface area (Å²) < 4.78 is 0. The summed E-state index contributed by atoms with van der Waals surface area (Å²) in [6.45, 7) is 0.0616. The van der Waals surface area contributed by atoms with Gasteiger partial charge in [-0.15, -0.1) is 0 Å². The normalized spacial score (nSPS) is 13.1. The third-order valence-corrected chi connectivity index (χ3v) is 9.56. The van der Waals surface area contributed by atoms with Gasteiger partial charge in [0.25, 0.3) is 0 Å². The van der Waals surface area contributed by atoms with Gasteiger partial charge in [0.2, 0.25) is 0 Å². The van der Waals surface area contributed by atoms with E-state index in [9.17, 15) is 0 Å². The quantitative estimate of drug-likeness (QED) is 0.177. The molecule has 10 rings (SSSR count). The number of nitrogens with zero attached hydrogens (tertiary/aromatic N) is 1. The van der Waals surface area contributed by atoms with Crippen LogP contribution in [0.25, 0.3) is 65.3 Å². The molecular weight excluding hydrogens is 505 g/mol. The van der Waals surface area contributed by atoms with Gasteiger partial charge in [-0.3, -0.25) is 0 Å². The molecule has 0 aliphatic carbocycles. The Hall–Kier alpha value is -5.34. The molecular formula is C40H24BN. The topological polar surface area (TPSA) is 3.24 Å². The van der Waals surface area contributed by atoms with Gasteiger partial charge in [0.1, 0.15) is 0 Å². The van der Waals surface area contributed by atoms with Crippen molar-refractivity contribution >= 4 is 72.2 Å². The zero-order valence-corrected chi connectivity index (χ0v) is 22.9. The molecule has 42 heavy (non-hydrogen) atoms. The summed E-state index contributed by atoms with van der Waals surface area (Å²) in [5.41, 5.74) is 10.6. The summed E-state index contributed by atoms with van der Waals surface area (Å²) in [7, 11) is 0. The van der Waals surface area contributed by atoms with Gasteiger partial charge in [0, 0.05) is 22.5 Å². The highest BCUT2D eigenvalue weighted by Gasteiger charge is 2.43. The SMILES string of the molecule is c1ccc2cc3c(cc2c1)B1c2ccc4ccccc4c2-c2c(ccc4ccccc24)N1c1cc2ccccc2cc1-3.